The van der Waals surface area contributed by atoms with E-state index in [9.17, 15) is 4.79 Å². The zero-order chi connectivity index (χ0) is 11.1. The van der Waals surface area contributed by atoms with Gasteiger partial charge in [0.05, 0.1) is 0 Å². The van der Waals surface area contributed by atoms with E-state index in [-0.39, 0.29) is 5.91 Å². The number of halogens is 1. The Bertz CT molecular complexity index is 190. The second kappa shape index (κ2) is 7.26. The lowest BCUT2D eigenvalue weighted by Crippen LogP contribution is -2.34. The maximum atomic E-state index is 11.8. The lowest BCUT2D eigenvalue weighted by atomic mass is 9.88. The average molecular weight is 276 g/mol. The summed E-state index contributed by atoms with van der Waals surface area (Å²) in [6.45, 7) is 3.02. The van der Waals surface area contributed by atoms with Crippen molar-refractivity contribution in [2.24, 2.45) is 11.8 Å². The molecule has 2 nitrogen and oxygen atoms in total. The largest absolute Gasteiger partial charge is 0.356 e. The molecule has 1 atom stereocenters. The van der Waals surface area contributed by atoms with Crippen LogP contribution < -0.4 is 5.32 Å². The van der Waals surface area contributed by atoms with E-state index in [1.165, 1.54) is 19.3 Å². The van der Waals surface area contributed by atoms with E-state index >= 15 is 0 Å². The first-order valence-electron chi connectivity index (χ1n) is 6.07. The summed E-state index contributed by atoms with van der Waals surface area (Å²) >= 11 is 3.42. The minimum absolute atomic E-state index is 0.288. The van der Waals surface area contributed by atoms with E-state index in [4.69, 9.17) is 0 Å². The van der Waals surface area contributed by atoms with Crippen LogP contribution in [-0.4, -0.2) is 17.8 Å². The number of rotatable bonds is 5. The lowest BCUT2D eigenvalue weighted by Gasteiger charge is -2.21. The molecule has 0 saturated heterocycles. The molecule has 15 heavy (non-hydrogen) atoms. The molecule has 0 aromatic heterocycles. The number of alkyl halides is 1. The van der Waals surface area contributed by atoms with Crippen LogP contribution in [0.15, 0.2) is 0 Å². The van der Waals surface area contributed by atoms with Gasteiger partial charge in [-0.3, -0.25) is 4.79 Å². The summed E-state index contributed by atoms with van der Waals surface area (Å²) in [4.78, 5) is 11.8. The SMILES string of the molecule is CC(CCBr)CNC(=O)C1CCCCC1. The van der Waals surface area contributed by atoms with E-state index in [0.717, 1.165) is 31.1 Å². The third-order valence-electron chi connectivity index (χ3n) is 3.20. The molecule has 88 valence electrons. The van der Waals surface area contributed by atoms with Gasteiger partial charge in [-0.15, -0.1) is 0 Å². The molecule has 1 fully saturated rings. The summed E-state index contributed by atoms with van der Waals surface area (Å²) in [6, 6.07) is 0. The molecule has 1 saturated carbocycles. The minimum Gasteiger partial charge on any atom is -0.356 e. The first-order chi connectivity index (χ1) is 7.24. The van der Waals surface area contributed by atoms with E-state index in [1.807, 2.05) is 0 Å². The zero-order valence-electron chi connectivity index (χ0n) is 9.60. The molecule has 1 amide bonds. The Morgan fingerprint density at radius 3 is 2.67 bits per heavy atom. The Balaban J connectivity index is 2.16. The molecule has 1 aliphatic carbocycles. The first-order valence-corrected chi connectivity index (χ1v) is 7.20. The molecule has 0 spiro atoms. The third kappa shape index (κ3) is 5.01. The maximum Gasteiger partial charge on any atom is 0.223 e. The van der Waals surface area contributed by atoms with Gasteiger partial charge in [-0.05, 0) is 25.2 Å². The van der Waals surface area contributed by atoms with Crippen molar-refractivity contribution >= 4 is 21.8 Å². The van der Waals surface area contributed by atoms with Crippen molar-refractivity contribution in [1.29, 1.82) is 0 Å². The standard InChI is InChI=1S/C12H22BrNO/c1-10(7-8-13)9-14-12(15)11-5-3-2-4-6-11/h10-11H,2-9H2,1H3,(H,14,15). The topological polar surface area (TPSA) is 29.1 Å². The molecule has 1 rings (SSSR count). The molecule has 1 N–H and O–H groups in total. The van der Waals surface area contributed by atoms with Crippen LogP contribution in [0.25, 0.3) is 0 Å². The second-order valence-corrected chi connectivity index (χ2v) is 5.46. The highest BCUT2D eigenvalue weighted by Crippen LogP contribution is 2.23. The van der Waals surface area contributed by atoms with Gasteiger partial charge in [-0.25, -0.2) is 0 Å². The predicted molar refractivity (Wildman–Crippen MR) is 67.2 cm³/mol. The van der Waals surface area contributed by atoms with Gasteiger partial charge in [0, 0.05) is 17.8 Å². The van der Waals surface area contributed by atoms with Gasteiger partial charge >= 0.3 is 0 Å². The van der Waals surface area contributed by atoms with Crippen LogP contribution >= 0.6 is 15.9 Å². The highest BCUT2D eigenvalue weighted by Gasteiger charge is 2.20. The van der Waals surface area contributed by atoms with Crippen LogP contribution in [0.1, 0.15) is 45.4 Å². The summed E-state index contributed by atoms with van der Waals surface area (Å²) in [5, 5.41) is 4.10. The maximum absolute atomic E-state index is 11.8. The van der Waals surface area contributed by atoms with Crippen molar-refractivity contribution in [3.63, 3.8) is 0 Å². The van der Waals surface area contributed by atoms with Crippen molar-refractivity contribution in [1.82, 2.24) is 5.32 Å². The second-order valence-electron chi connectivity index (χ2n) is 4.66. The van der Waals surface area contributed by atoms with Crippen LogP contribution in [0, 0.1) is 11.8 Å². The van der Waals surface area contributed by atoms with Gasteiger partial charge in [0.2, 0.25) is 5.91 Å². The Hall–Kier alpha value is -0.0500. The summed E-state index contributed by atoms with van der Waals surface area (Å²) in [6.07, 6.45) is 7.09. The van der Waals surface area contributed by atoms with E-state index < -0.39 is 0 Å². The molecular weight excluding hydrogens is 254 g/mol. The fraction of sp³-hybridized carbons (Fsp3) is 0.917. The number of nitrogens with one attached hydrogen (secondary N) is 1. The van der Waals surface area contributed by atoms with Gasteiger partial charge < -0.3 is 5.32 Å². The number of carbonyl (C=O) groups excluding carboxylic acids is 1. The summed E-state index contributed by atoms with van der Waals surface area (Å²) in [5.74, 6) is 1.17. The van der Waals surface area contributed by atoms with Crippen molar-refractivity contribution < 1.29 is 4.79 Å². The van der Waals surface area contributed by atoms with Crippen LogP contribution in [0.4, 0.5) is 0 Å². The zero-order valence-corrected chi connectivity index (χ0v) is 11.2. The van der Waals surface area contributed by atoms with Crippen molar-refractivity contribution in [2.45, 2.75) is 45.4 Å². The Kier molecular flexibility index (Phi) is 6.30. The highest BCUT2D eigenvalue weighted by atomic mass is 79.9. The van der Waals surface area contributed by atoms with Crippen molar-refractivity contribution in [2.75, 3.05) is 11.9 Å². The van der Waals surface area contributed by atoms with E-state index in [0.29, 0.717) is 11.8 Å². The fourth-order valence-corrected chi connectivity index (χ4v) is 2.85. The molecule has 0 radical (unpaired) electrons. The third-order valence-corrected chi connectivity index (χ3v) is 3.66. The average Bonchev–Trinajstić information content (AvgIpc) is 2.27. The van der Waals surface area contributed by atoms with Crippen LogP contribution in [0.2, 0.25) is 0 Å². The van der Waals surface area contributed by atoms with Gasteiger partial charge in [0.25, 0.3) is 0 Å². The molecular formula is C12H22BrNO. The fourth-order valence-electron chi connectivity index (χ4n) is 2.07. The molecule has 0 aromatic rings. The highest BCUT2D eigenvalue weighted by molar-refractivity contribution is 9.09. The van der Waals surface area contributed by atoms with Gasteiger partial charge in [-0.2, -0.15) is 0 Å². The monoisotopic (exact) mass is 275 g/mol. The first kappa shape index (κ1) is 13.0. The summed E-state index contributed by atoms with van der Waals surface area (Å²) in [7, 11) is 0. The number of hydrogen-bond donors (Lipinski definition) is 1. The predicted octanol–water partition coefficient (Wildman–Crippen LogP) is 3.10. The van der Waals surface area contributed by atoms with Gasteiger partial charge in [0.1, 0.15) is 0 Å². The Morgan fingerprint density at radius 2 is 2.07 bits per heavy atom. The normalized spacial score (nSPS) is 19.9. The van der Waals surface area contributed by atoms with E-state index in [1.54, 1.807) is 0 Å². The van der Waals surface area contributed by atoms with Crippen LogP contribution in [-0.2, 0) is 4.79 Å². The smallest absolute Gasteiger partial charge is 0.223 e. The van der Waals surface area contributed by atoms with Gasteiger partial charge in [-0.1, -0.05) is 42.1 Å². The molecule has 0 bridgehead atoms. The quantitative estimate of drug-likeness (QED) is 0.768. The molecule has 1 unspecified atom stereocenters. The lowest BCUT2D eigenvalue weighted by molar-refractivity contribution is -0.126. The summed E-state index contributed by atoms with van der Waals surface area (Å²) < 4.78 is 0. The number of amides is 1. The van der Waals surface area contributed by atoms with Crippen LogP contribution in [0.3, 0.4) is 0 Å². The Labute approximate surface area is 101 Å². The number of hydrogen-bond acceptors (Lipinski definition) is 1. The van der Waals surface area contributed by atoms with E-state index in [2.05, 4.69) is 28.2 Å². The Morgan fingerprint density at radius 1 is 1.40 bits per heavy atom. The minimum atomic E-state index is 0.288. The van der Waals surface area contributed by atoms with Crippen molar-refractivity contribution in [3.05, 3.63) is 0 Å². The molecule has 0 aromatic carbocycles. The molecule has 1 aliphatic rings. The van der Waals surface area contributed by atoms with Crippen LogP contribution in [0.5, 0.6) is 0 Å². The molecule has 0 heterocycles. The molecule has 3 heteroatoms. The molecule has 0 aliphatic heterocycles. The van der Waals surface area contributed by atoms with Gasteiger partial charge in [0.15, 0.2) is 0 Å². The van der Waals surface area contributed by atoms with Crippen molar-refractivity contribution in [3.8, 4) is 0 Å². The number of carbonyl (C=O) groups is 1. The summed E-state index contributed by atoms with van der Waals surface area (Å²) in [5.41, 5.74) is 0.